The zero-order valence-electron chi connectivity index (χ0n) is 8.83. The van der Waals surface area contributed by atoms with Gasteiger partial charge in [0.2, 0.25) is 0 Å². The summed E-state index contributed by atoms with van der Waals surface area (Å²) in [5.41, 5.74) is -0.823. The Morgan fingerprint density at radius 3 is 2.00 bits per heavy atom. The molecule has 0 aromatic heterocycles. The van der Waals surface area contributed by atoms with E-state index < -0.39 is 22.1 Å². The smallest absolute Gasteiger partial charge is 0.354 e. The SMILES string of the molecule is CCC(C)(C)C(=O)C(O)(SC)C(=O)O. The summed E-state index contributed by atoms with van der Waals surface area (Å²) >= 11 is 0.637. The van der Waals surface area contributed by atoms with E-state index in [1.165, 1.54) is 6.26 Å². The molecule has 14 heavy (non-hydrogen) atoms. The second kappa shape index (κ2) is 4.31. The van der Waals surface area contributed by atoms with Crippen LogP contribution in [0.3, 0.4) is 0 Å². The topological polar surface area (TPSA) is 74.6 Å². The molecule has 0 radical (unpaired) electrons. The monoisotopic (exact) mass is 220 g/mol. The van der Waals surface area contributed by atoms with Crippen molar-refractivity contribution < 1.29 is 19.8 Å². The lowest BCUT2D eigenvalue weighted by Gasteiger charge is -2.29. The number of aliphatic carboxylic acids is 1. The summed E-state index contributed by atoms with van der Waals surface area (Å²) < 4.78 is 0. The van der Waals surface area contributed by atoms with Gasteiger partial charge in [0, 0.05) is 5.41 Å². The number of hydrogen-bond donors (Lipinski definition) is 2. The average molecular weight is 220 g/mol. The van der Waals surface area contributed by atoms with E-state index in [1.807, 2.05) is 0 Å². The van der Waals surface area contributed by atoms with Crippen molar-refractivity contribution in [3.05, 3.63) is 0 Å². The first-order chi connectivity index (χ1) is 6.22. The van der Waals surface area contributed by atoms with Crippen LogP contribution in [0.4, 0.5) is 0 Å². The van der Waals surface area contributed by atoms with Crippen molar-refractivity contribution in [2.45, 2.75) is 32.1 Å². The molecule has 0 aliphatic heterocycles. The maximum atomic E-state index is 11.7. The Morgan fingerprint density at radius 2 is 1.79 bits per heavy atom. The normalized spacial score (nSPS) is 16.1. The molecule has 0 saturated carbocycles. The van der Waals surface area contributed by atoms with E-state index in [0.717, 1.165) is 0 Å². The molecule has 0 rings (SSSR count). The molecular weight excluding hydrogens is 204 g/mol. The fourth-order valence-corrected chi connectivity index (χ4v) is 1.53. The van der Waals surface area contributed by atoms with Gasteiger partial charge < -0.3 is 10.2 Å². The van der Waals surface area contributed by atoms with Crippen molar-refractivity contribution in [2.75, 3.05) is 6.26 Å². The molecule has 0 fully saturated rings. The van der Waals surface area contributed by atoms with Gasteiger partial charge in [0.15, 0.2) is 5.78 Å². The first-order valence-corrected chi connectivity index (χ1v) is 5.50. The van der Waals surface area contributed by atoms with Crippen LogP contribution in [0.15, 0.2) is 0 Å². The van der Waals surface area contributed by atoms with Gasteiger partial charge in [-0.15, -0.1) is 11.8 Å². The summed E-state index contributed by atoms with van der Waals surface area (Å²) in [5, 5.41) is 18.4. The number of carboxylic acids is 1. The highest BCUT2D eigenvalue weighted by molar-refractivity contribution is 8.01. The van der Waals surface area contributed by atoms with E-state index in [1.54, 1.807) is 20.8 Å². The van der Waals surface area contributed by atoms with E-state index in [2.05, 4.69) is 0 Å². The maximum Gasteiger partial charge on any atom is 0.354 e. The Balaban J connectivity index is 5.08. The maximum absolute atomic E-state index is 11.7. The molecule has 0 aromatic carbocycles. The van der Waals surface area contributed by atoms with Crippen molar-refractivity contribution in [3.8, 4) is 0 Å². The van der Waals surface area contributed by atoms with E-state index in [0.29, 0.717) is 18.2 Å². The van der Waals surface area contributed by atoms with Gasteiger partial charge in [-0.25, -0.2) is 4.79 Å². The Morgan fingerprint density at radius 1 is 1.36 bits per heavy atom. The molecule has 82 valence electrons. The summed E-state index contributed by atoms with van der Waals surface area (Å²) in [7, 11) is 0. The molecule has 5 heteroatoms. The molecule has 0 aromatic rings. The fourth-order valence-electron chi connectivity index (χ4n) is 0.896. The average Bonchev–Trinajstić information content (AvgIpc) is 2.15. The highest BCUT2D eigenvalue weighted by Crippen LogP contribution is 2.33. The zero-order chi connectivity index (χ0) is 11.6. The largest absolute Gasteiger partial charge is 0.478 e. The number of Topliss-reactive ketones (excluding diaryl/α,β-unsaturated/α-hetero) is 1. The van der Waals surface area contributed by atoms with Gasteiger partial charge >= 0.3 is 5.97 Å². The van der Waals surface area contributed by atoms with E-state index in [4.69, 9.17) is 5.11 Å². The summed E-state index contributed by atoms with van der Waals surface area (Å²) in [6.45, 7) is 5.03. The summed E-state index contributed by atoms with van der Waals surface area (Å²) in [6, 6.07) is 0. The van der Waals surface area contributed by atoms with Crippen molar-refractivity contribution in [1.82, 2.24) is 0 Å². The lowest BCUT2D eigenvalue weighted by Crippen LogP contribution is -2.49. The third-order valence-electron chi connectivity index (χ3n) is 2.39. The third-order valence-corrected chi connectivity index (χ3v) is 3.34. The zero-order valence-corrected chi connectivity index (χ0v) is 9.64. The third kappa shape index (κ3) is 2.27. The van der Waals surface area contributed by atoms with Crippen LogP contribution >= 0.6 is 11.8 Å². The molecule has 0 saturated heterocycles. The molecule has 1 unspecified atom stereocenters. The molecule has 4 nitrogen and oxygen atoms in total. The van der Waals surface area contributed by atoms with Crippen LogP contribution in [0.25, 0.3) is 0 Å². The van der Waals surface area contributed by atoms with Crippen molar-refractivity contribution >= 4 is 23.5 Å². The van der Waals surface area contributed by atoms with E-state index in [-0.39, 0.29) is 0 Å². The van der Waals surface area contributed by atoms with Gasteiger partial charge in [-0.1, -0.05) is 20.8 Å². The van der Waals surface area contributed by atoms with Crippen LogP contribution in [-0.4, -0.2) is 33.2 Å². The summed E-state index contributed by atoms with van der Waals surface area (Å²) in [4.78, 5) is 20.2. The number of hydrogen-bond acceptors (Lipinski definition) is 4. The second-order valence-corrected chi connectivity index (χ2v) is 4.72. The molecule has 2 N–H and O–H groups in total. The lowest BCUT2D eigenvalue weighted by molar-refractivity contribution is -0.159. The minimum atomic E-state index is -2.32. The van der Waals surface area contributed by atoms with Crippen molar-refractivity contribution in [1.29, 1.82) is 0 Å². The fraction of sp³-hybridized carbons (Fsp3) is 0.778. The Bertz CT molecular complexity index is 249. The van der Waals surface area contributed by atoms with Crippen LogP contribution in [0.5, 0.6) is 0 Å². The number of ketones is 1. The summed E-state index contributed by atoms with van der Waals surface area (Å²) in [5.74, 6) is -2.16. The van der Waals surface area contributed by atoms with Crippen LogP contribution in [-0.2, 0) is 9.59 Å². The van der Waals surface area contributed by atoms with Gasteiger partial charge in [0.1, 0.15) is 0 Å². The molecule has 1 atom stereocenters. The van der Waals surface area contributed by atoms with Gasteiger partial charge in [0.05, 0.1) is 0 Å². The molecule has 0 spiro atoms. The Hall–Kier alpha value is -0.550. The first kappa shape index (κ1) is 13.4. The number of carboxylic acid groups (broad SMARTS) is 1. The van der Waals surface area contributed by atoms with Gasteiger partial charge in [-0.2, -0.15) is 0 Å². The first-order valence-electron chi connectivity index (χ1n) is 4.28. The molecule has 0 bridgehead atoms. The predicted octanol–water partition coefficient (Wildman–Crippen LogP) is 1.13. The van der Waals surface area contributed by atoms with Crippen LogP contribution in [0, 0.1) is 5.41 Å². The predicted molar refractivity (Wildman–Crippen MR) is 55.2 cm³/mol. The van der Waals surface area contributed by atoms with Gasteiger partial charge in [-0.05, 0) is 12.7 Å². The molecule has 0 heterocycles. The second-order valence-electron chi connectivity index (χ2n) is 3.72. The molecule has 0 amide bonds. The standard InChI is InChI=1S/C9H16O4S/c1-5-8(2,3)6(10)9(13,14-4)7(11)12/h13H,5H2,1-4H3,(H,11,12). The highest BCUT2D eigenvalue weighted by atomic mass is 32.2. The van der Waals surface area contributed by atoms with E-state index >= 15 is 0 Å². The minimum absolute atomic E-state index is 0.488. The molecular formula is C9H16O4S. The van der Waals surface area contributed by atoms with Gasteiger partial charge in [-0.3, -0.25) is 4.79 Å². The Kier molecular flexibility index (Phi) is 4.15. The highest BCUT2D eigenvalue weighted by Gasteiger charge is 2.49. The Labute approximate surface area is 87.7 Å². The van der Waals surface area contributed by atoms with Gasteiger partial charge in [0.25, 0.3) is 4.93 Å². The number of carbonyl (C=O) groups is 2. The number of carbonyl (C=O) groups excluding carboxylic acids is 1. The minimum Gasteiger partial charge on any atom is -0.478 e. The van der Waals surface area contributed by atoms with Crippen LogP contribution in [0.1, 0.15) is 27.2 Å². The number of aliphatic hydroxyl groups is 1. The summed E-state index contributed by atoms with van der Waals surface area (Å²) in [6.07, 6.45) is 1.89. The quantitative estimate of drug-likeness (QED) is 0.536. The van der Waals surface area contributed by atoms with E-state index in [9.17, 15) is 14.7 Å². The van der Waals surface area contributed by atoms with Crippen molar-refractivity contribution in [3.63, 3.8) is 0 Å². The van der Waals surface area contributed by atoms with Crippen LogP contribution in [0.2, 0.25) is 0 Å². The number of rotatable bonds is 5. The van der Waals surface area contributed by atoms with Crippen LogP contribution < -0.4 is 0 Å². The van der Waals surface area contributed by atoms with Crippen molar-refractivity contribution in [2.24, 2.45) is 5.41 Å². The number of thioether (sulfide) groups is 1. The lowest BCUT2D eigenvalue weighted by atomic mass is 9.82. The molecule has 0 aliphatic rings. The molecule has 0 aliphatic carbocycles.